The lowest BCUT2D eigenvalue weighted by atomic mass is 10.1. The summed E-state index contributed by atoms with van der Waals surface area (Å²) in [7, 11) is 0. The zero-order chi connectivity index (χ0) is 11.7. The number of H-pyrrole nitrogens is 1. The molecule has 3 rings (SSSR count). The van der Waals surface area contributed by atoms with Crippen molar-refractivity contribution in [3.05, 3.63) is 58.0 Å². The van der Waals surface area contributed by atoms with E-state index in [0.29, 0.717) is 5.95 Å². The van der Waals surface area contributed by atoms with Crippen LogP contribution in [0.2, 0.25) is 0 Å². The summed E-state index contributed by atoms with van der Waals surface area (Å²) in [6.07, 6.45) is 3.63. The Labute approximate surface area is 98.7 Å². The summed E-state index contributed by atoms with van der Waals surface area (Å²) >= 11 is 0. The molecule has 0 aliphatic heterocycles. The van der Waals surface area contributed by atoms with Crippen LogP contribution in [0.5, 0.6) is 0 Å². The third-order valence-corrected chi connectivity index (χ3v) is 3.11. The van der Waals surface area contributed by atoms with Crippen molar-refractivity contribution in [2.75, 3.05) is 5.32 Å². The second kappa shape index (κ2) is 4.05. The zero-order valence-corrected chi connectivity index (χ0v) is 9.31. The van der Waals surface area contributed by atoms with Crippen LogP contribution in [0.25, 0.3) is 0 Å². The van der Waals surface area contributed by atoms with Crippen LogP contribution in [0.1, 0.15) is 23.6 Å². The van der Waals surface area contributed by atoms with Crippen molar-refractivity contribution >= 4 is 5.95 Å². The molecular formula is C13H13N3O. The molecule has 0 spiro atoms. The third kappa shape index (κ3) is 1.93. The molecule has 1 heterocycles. The van der Waals surface area contributed by atoms with Gasteiger partial charge in [-0.2, -0.15) is 0 Å². The Kier molecular flexibility index (Phi) is 2.40. The average Bonchev–Trinajstić information content (AvgIpc) is 2.73. The van der Waals surface area contributed by atoms with Crippen LogP contribution in [0.3, 0.4) is 0 Å². The second-order valence-electron chi connectivity index (χ2n) is 4.22. The first-order valence-electron chi connectivity index (χ1n) is 5.72. The highest BCUT2D eigenvalue weighted by molar-refractivity contribution is 5.40. The molecule has 0 amide bonds. The monoisotopic (exact) mass is 227 g/mol. The van der Waals surface area contributed by atoms with E-state index in [4.69, 9.17) is 0 Å². The minimum Gasteiger partial charge on any atom is -0.349 e. The van der Waals surface area contributed by atoms with Gasteiger partial charge in [0.15, 0.2) is 0 Å². The molecule has 1 unspecified atom stereocenters. The number of aromatic nitrogens is 2. The number of rotatable bonds is 2. The van der Waals surface area contributed by atoms with Gasteiger partial charge in [-0.15, -0.1) is 0 Å². The van der Waals surface area contributed by atoms with E-state index in [-0.39, 0.29) is 11.6 Å². The summed E-state index contributed by atoms with van der Waals surface area (Å²) in [5.74, 6) is 0.541. The standard InChI is InChI=1S/C13H13N3O/c17-12-7-8-14-13(16-12)15-11-6-5-9-3-1-2-4-10(9)11/h1-4,7-8,11H,5-6H2,(H2,14,15,16,17). The van der Waals surface area contributed by atoms with Gasteiger partial charge in [0.25, 0.3) is 5.56 Å². The van der Waals surface area contributed by atoms with Crippen molar-refractivity contribution in [2.24, 2.45) is 0 Å². The molecule has 2 aromatic rings. The van der Waals surface area contributed by atoms with Gasteiger partial charge in [-0.25, -0.2) is 4.98 Å². The van der Waals surface area contributed by atoms with Crippen LogP contribution in [-0.2, 0) is 6.42 Å². The summed E-state index contributed by atoms with van der Waals surface area (Å²) in [5, 5.41) is 3.27. The lowest BCUT2D eigenvalue weighted by Gasteiger charge is -2.13. The summed E-state index contributed by atoms with van der Waals surface area (Å²) < 4.78 is 0. The lowest BCUT2D eigenvalue weighted by molar-refractivity contribution is 0.750. The number of aryl methyl sites for hydroxylation is 1. The fraction of sp³-hybridized carbons (Fsp3) is 0.231. The second-order valence-corrected chi connectivity index (χ2v) is 4.22. The SMILES string of the molecule is O=c1ccnc(NC2CCc3ccccc32)[nH]1. The largest absolute Gasteiger partial charge is 0.349 e. The Morgan fingerprint density at radius 1 is 1.29 bits per heavy atom. The first-order valence-corrected chi connectivity index (χ1v) is 5.72. The predicted molar refractivity (Wildman–Crippen MR) is 66.0 cm³/mol. The Balaban J connectivity index is 1.86. The molecule has 1 atom stereocenters. The molecule has 4 heteroatoms. The zero-order valence-electron chi connectivity index (χ0n) is 9.31. The summed E-state index contributed by atoms with van der Waals surface area (Å²) in [6.45, 7) is 0. The average molecular weight is 227 g/mol. The van der Waals surface area contributed by atoms with Crippen molar-refractivity contribution in [1.29, 1.82) is 0 Å². The molecule has 86 valence electrons. The summed E-state index contributed by atoms with van der Waals surface area (Å²) in [5.41, 5.74) is 2.55. The number of nitrogens with zero attached hydrogens (tertiary/aromatic N) is 1. The van der Waals surface area contributed by atoms with Crippen LogP contribution < -0.4 is 10.9 Å². The Morgan fingerprint density at radius 3 is 3.06 bits per heavy atom. The number of benzene rings is 1. The van der Waals surface area contributed by atoms with E-state index >= 15 is 0 Å². The van der Waals surface area contributed by atoms with Crippen molar-refractivity contribution in [3.8, 4) is 0 Å². The number of anilines is 1. The van der Waals surface area contributed by atoms with E-state index < -0.39 is 0 Å². The van der Waals surface area contributed by atoms with E-state index in [0.717, 1.165) is 12.8 Å². The van der Waals surface area contributed by atoms with Crippen molar-refractivity contribution in [1.82, 2.24) is 9.97 Å². The Bertz CT molecular complexity index is 591. The number of nitrogens with one attached hydrogen (secondary N) is 2. The van der Waals surface area contributed by atoms with Gasteiger partial charge in [0.1, 0.15) is 0 Å². The van der Waals surface area contributed by atoms with Crippen LogP contribution in [0.4, 0.5) is 5.95 Å². The van der Waals surface area contributed by atoms with E-state index in [9.17, 15) is 4.79 Å². The minimum atomic E-state index is -0.131. The van der Waals surface area contributed by atoms with Gasteiger partial charge < -0.3 is 5.32 Å². The van der Waals surface area contributed by atoms with Gasteiger partial charge in [0, 0.05) is 12.3 Å². The fourth-order valence-electron chi connectivity index (χ4n) is 2.32. The molecule has 1 aromatic heterocycles. The van der Waals surface area contributed by atoms with Crippen molar-refractivity contribution in [2.45, 2.75) is 18.9 Å². The molecule has 1 aliphatic rings. The molecule has 0 saturated carbocycles. The number of hydrogen-bond acceptors (Lipinski definition) is 3. The van der Waals surface area contributed by atoms with Crippen molar-refractivity contribution in [3.63, 3.8) is 0 Å². The maximum Gasteiger partial charge on any atom is 0.252 e. The molecule has 0 fully saturated rings. The Morgan fingerprint density at radius 2 is 2.18 bits per heavy atom. The molecule has 0 radical (unpaired) electrons. The van der Waals surface area contributed by atoms with Gasteiger partial charge in [-0.3, -0.25) is 9.78 Å². The molecule has 2 N–H and O–H groups in total. The molecule has 4 nitrogen and oxygen atoms in total. The maximum atomic E-state index is 11.2. The third-order valence-electron chi connectivity index (χ3n) is 3.11. The van der Waals surface area contributed by atoms with Gasteiger partial charge in [0.05, 0.1) is 6.04 Å². The highest BCUT2D eigenvalue weighted by Gasteiger charge is 2.21. The maximum absolute atomic E-state index is 11.2. The highest BCUT2D eigenvalue weighted by atomic mass is 16.1. The molecular weight excluding hydrogens is 214 g/mol. The molecule has 1 aliphatic carbocycles. The Hall–Kier alpha value is -2.10. The highest BCUT2D eigenvalue weighted by Crippen LogP contribution is 2.32. The summed E-state index contributed by atoms with van der Waals surface area (Å²) in [4.78, 5) is 18.0. The van der Waals surface area contributed by atoms with Crippen LogP contribution in [0.15, 0.2) is 41.3 Å². The number of fused-ring (bicyclic) bond motifs is 1. The molecule has 1 aromatic carbocycles. The van der Waals surface area contributed by atoms with Gasteiger partial charge in [-0.05, 0) is 24.0 Å². The molecule has 17 heavy (non-hydrogen) atoms. The quantitative estimate of drug-likeness (QED) is 0.823. The minimum absolute atomic E-state index is 0.131. The molecule has 0 bridgehead atoms. The van der Waals surface area contributed by atoms with E-state index in [2.05, 4.69) is 33.5 Å². The smallest absolute Gasteiger partial charge is 0.252 e. The van der Waals surface area contributed by atoms with Crippen molar-refractivity contribution < 1.29 is 0 Å². The van der Waals surface area contributed by atoms with Gasteiger partial charge >= 0.3 is 0 Å². The van der Waals surface area contributed by atoms with E-state index in [1.807, 2.05) is 6.07 Å². The van der Waals surface area contributed by atoms with E-state index in [1.165, 1.54) is 23.4 Å². The molecule has 0 saturated heterocycles. The normalized spacial score (nSPS) is 17.8. The van der Waals surface area contributed by atoms with Crippen LogP contribution in [-0.4, -0.2) is 9.97 Å². The topological polar surface area (TPSA) is 57.8 Å². The first-order chi connectivity index (χ1) is 8.33. The lowest BCUT2D eigenvalue weighted by Crippen LogP contribution is -2.14. The number of aromatic amines is 1. The van der Waals surface area contributed by atoms with Gasteiger partial charge in [0.2, 0.25) is 5.95 Å². The van der Waals surface area contributed by atoms with E-state index in [1.54, 1.807) is 0 Å². The first kappa shape index (κ1) is 10.1. The van der Waals surface area contributed by atoms with Gasteiger partial charge in [-0.1, -0.05) is 24.3 Å². The predicted octanol–water partition coefficient (Wildman–Crippen LogP) is 1.87. The fourth-order valence-corrected chi connectivity index (χ4v) is 2.32. The number of hydrogen-bond donors (Lipinski definition) is 2. The van der Waals surface area contributed by atoms with Crippen LogP contribution in [0, 0.1) is 0 Å². The van der Waals surface area contributed by atoms with Crippen LogP contribution >= 0.6 is 0 Å². The summed E-state index contributed by atoms with van der Waals surface area (Å²) in [6, 6.07) is 10.0.